The molecule has 0 aliphatic carbocycles. The normalized spacial score (nSPS) is 10.1. The van der Waals surface area contributed by atoms with E-state index in [1.807, 2.05) is 20.8 Å². The lowest BCUT2D eigenvalue weighted by Crippen LogP contribution is -2.25. The molecule has 1 aromatic heterocycles. The molecule has 15 heavy (non-hydrogen) atoms. The molecule has 1 aromatic rings. The van der Waals surface area contributed by atoms with Gasteiger partial charge in [-0.2, -0.15) is 0 Å². The van der Waals surface area contributed by atoms with Gasteiger partial charge in [-0.1, -0.05) is 6.08 Å². The first-order valence-electron chi connectivity index (χ1n) is 5.03. The van der Waals surface area contributed by atoms with Gasteiger partial charge in [0.2, 0.25) is 0 Å². The minimum atomic E-state index is -0.0660. The Morgan fingerprint density at radius 2 is 2.07 bits per heavy atom. The van der Waals surface area contributed by atoms with Crippen molar-refractivity contribution in [3.05, 3.63) is 35.3 Å². The maximum Gasteiger partial charge on any atom is 0.255 e. The molecule has 0 saturated carbocycles. The molecule has 0 aliphatic heterocycles. The minimum Gasteiger partial charge on any atom is -0.466 e. The average Bonchev–Trinajstić information content (AvgIpc) is 2.41. The van der Waals surface area contributed by atoms with Crippen molar-refractivity contribution >= 4 is 5.91 Å². The fraction of sp³-hybridized carbons (Fsp3) is 0.417. The third-order valence-corrected chi connectivity index (χ3v) is 2.42. The van der Waals surface area contributed by atoms with Gasteiger partial charge < -0.3 is 9.73 Å². The van der Waals surface area contributed by atoms with Crippen LogP contribution in [0.1, 0.15) is 33.9 Å². The Morgan fingerprint density at radius 1 is 1.40 bits per heavy atom. The fourth-order valence-corrected chi connectivity index (χ4v) is 1.50. The van der Waals surface area contributed by atoms with E-state index < -0.39 is 0 Å². The van der Waals surface area contributed by atoms with Crippen LogP contribution in [0.3, 0.4) is 0 Å². The summed E-state index contributed by atoms with van der Waals surface area (Å²) in [4.78, 5) is 11.8. The summed E-state index contributed by atoms with van der Waals surface area (Å²) in [5, 5.41) is 2.82. The highest BCUT2D eigenvalue weighted by Crippen LogP contribution is 2.20. The van der Waals surface area contributed by atoms with Gasteiger partial charge in [-0.25, -0.2) is 0 Å². The monoisotopic (exact) mass is 207 g/mol. The first kappa shape index (κ1) is 11.6. The van der Waals surface area contributed by atoms with Gasteiger partial charge >= 0.3 is 0 Å². The van der Waals surface area contributed by atoms with Crippen LogP contribution in [0.25, 0.3) is 0 Å². The second-order valence-corrected chi connectivity index (χ2v) is 3.55. The Morgan fingerprint density at radius 3 is 2.53 bits per heavy atom. The first-order valence-corrected chi connectivity index (χ1v) is 5.03. The van der Waals surface area contributed by atoms with Gasteiger partial charge in [-0.15, -0.1) is 6.58 Å². The van der Waals surface area contributed by atoms with E-state index in [-0.39, 0.29) is 5.91 Å². The Hall–Kier alpha value is -1.51. The van der Waals surface area contributed by atoms with Crippen LogP contribution in [0.4, 0.5) is 0 Å². The van der Waals surface area contributed by atoms with E-state index in [1.54, 1.807) is 6.08 Å². The van der Waals surface area contributed by atoms with Crippen LogP contribution >= 0.6 is 0 Å². The van der Waals surface area contributed by atoms with Crippen LogP contribution < -0.4 is 5.32 Å². The SMILES string of the molecule is C=CCCNC(=O)c1c(C)oc(C)c1C. The van der Waals surface area contributed by atoms with Crippen LogP contribution in [-0.4, -0.2) is 12.5 Å². The molecule has 1 heterocycles. The lowest BCUT2D eigenvalue weighted by Gasteiger charge is -2.02. The van der Waals surface area contributed by atoms with Crippen molar-refractivity contribution < 1.29 is 9.21 Å². The molecule has 3 heteroatoms. The van der Waals surface area contributed by atoms with Gasteiger partial charge in [-0.3, -0.25) is 4.79 Å². The quantitative estimate of drug-likeness (QED) is 0.609. The second kappa shape index (κ2) is 4.82. The number of amides is 1. The summed E-state index contributed by atoms with van der Waals surface area (Å²) >= 11 is 0. The molecule has 0 radical (unpaired) electrons. The molecule has 0 bridgehead atoms. The molecule has 0 fully saturated rings. The molecule has 0 aromatic carbocycles. The highest BCUT2D eigenvalue weighted by atomic mass is 16.3. The maximum atomic E-state index is 11.8. The maximum absolute atomic E-state index is 11.8. The van der Waals surface area contributed by atoms with Crippen molar-refractivity contribution in [1.82, 2.24) is 5.32 Å². The number of hydrogen-bond acceptors (Lipinski definition) is 2. The van der Waals surface area contributed by atoms with Crippen LogP contribution in [0.15, 0.2) is 17.1 Å². The van der Waals surface area contributed by atoms with Crippen molar-refractivity contribution in [2.75, 3.05) is 6.54 Å². The van der Waals surface area contributed by atoms with Gasteiger partial charge in [0.1, 0.15) is 11.5 Å². The smallest absolute Gasteiger partial charge is 0.255 e. The molecule has 3 nitrogen and oxygen atoms in total. The number of nitrogens with one attached hydrogen (secondary N) is 1. The summed E-state index contributed by atoms with van der Waals surface area (Å²) in [6.07, 6.45) is 2.56. The standard InChI is InChI=1S/C12H17NO2/c1-5-6-7-13-12(14)11-8(2)9(3)15-10(11)4/h5H,1,6-7H2,2-4H3,(H,13,14). The fourth-order valence-electron chi connectivity index (χ4n) is 1.50. The lowest BCUT2D eigenvalue weighted by molar-refractivity contribution is 0.0952. The summed E-state index contributed by atoms with van der Waals surface area (Å²) in [6.45, 7) is 9.79. The van der Waals surface area contributed by atoms with Gasteiger partial charge in [0.15, 0.2) is 0 Å². The number of carbonyl (C=O) groups is 1. The van der Waals surface area contributed by atoms with E-state index in [2.05, 4.69) is 11.9 Å². The highest BCUT2D eigenvalue weighted by Gasteiger charge is 2.17. The van der Waals surface area contributed by atoms with E-state index in [9.17, 15) is 4.79 Å². The number of furan rings is 1. The molecule has 1 amide bonds. The third kappa shape index (κ3) is 2.49. The summed E-state index contributed by atoms with van der Waals surface area (Å²) in [6, 6.07) is 0. The predicted molar refractivity (Wildman–Crippen MR) is 60.1 cm³/mol. The van der Waals surface area contributed by atoms with E-state index in [4.69, 9.17) is 4.42 Å². The molecule has 0 unspecified atom stereocenters. The molecule has 0 saturated heterocycles. The Kier molecular flexibility index (Phi) is 3.72. The molecule has 0 atom stereocenters. The third-order valence-electron chi connectivity index (χ3n) is 2.42. The van der Waals surface area contributed by atoms with Gasteiger partial charge in [0.25, 0.3) is 5.91 Å². The topological polar surface area (TPSA) is 42.2 Å². The van der Waals surface area contributed by atoms with Gasteiger partial charge in [0.05, 0.1) is 5.56 Å². The molecule has 82 valence electrons. The number of carbonyl (C=O) groups excluding carboxylic acids is 1. The van der Waals surface area contributed by atoms with E-state index in [1.165, 1.54) is 0 Å². The van der Waals surface area contributed by atoms with Crippen LogP contribution in [0.5, 0.6) is 0 Å². The molecule has 0 aliphatic rings. The summed E-state index contributed by atoms with van der Waals surface area (Å²) < 4.78 is 5.39. The number of rotatable bonds is 4. The van der Waals surface area contributed by atoms with Gasteiger partial charge in [0, 0.05) is 12.1 Å². The number of hydrogen-bond donors (Lipinski definition) is 1. The van der Waals surface area contributed by atoms with Crippen molar-refractivity contribution in [1.29, 1.82) is 0 Å². The zero-order valence-electron chi connectivity index (χ0n) is 9.52. The van der Waals surface area contributed by atoms with Crippen LogP contribution in [-0.2, 0) is 0 Å². The average molecular weight is 207 g/mol. The highest BCUT2D eigenvalue weighted by molar-refractivity contribution is 5.96. The summed E-state index contributed by atoms with van der Waals surface area (Å²) in [7, 11) is 0. The largest absolute Gasteiger partial charge is 0.466 e. The van der Waals surface area contributed by atoms with Crippen molar-refractivity contribution in [2.24, 2.45) is 0 Å². The molecule has 0 spiro atoms. The van der Waals surface area contributed by atoms with Gasteiger partial charge in [-0.05, 0) is 27.2 Å². The Balaban J connectivity index is 2.77. The lowest BCUT2D eigenvalue weighted by atomic mass is 10.1. The van der Waals surface area contributed by atoms with Crippen molar-refractivity contribution in [2.45, 2.75) is 27.2 Å². The first-order chi connectivity index (χ1) is 7.07. The zero-order valence-corrected chi connectivity index (χ0v) is 9.52. The summed E-state index contributed by atoms with van der Waals surface area (Å²) in [5.74, 6) is 1.42. The van der Waals surface area contributed by atoms with E-state index in [0.717, 1.165) is 17.7 Å². The van der Waals surface area contributed by atoms with Crippen LogP contribution in [0, 0.1) is 20.8 Å². The molecular weight excluding hydrogens is 190 g/mol. The Labute approximate surface area is 90.2 Å². The van der Waals surface area contributed by atoms with Crippen molar-refractivity contribution in [3.63, 3.8) is 0 Å². The second-order valence-electron chi connectivity index (χ2n) is 3.55. The molecular formula is C12H17NO2. The summed E-state index contributed by atoms with van der Waals surface area (Å²) in [5.41, 5.74) is 1.58. The predicted octanol–water partition coefficient (Wildman–Crippen LogP) is 2.51. The zero-order chi connectivity index (χ0) is 11.4. The van der Waals surface area contributed by atoms with E-state index >= 15 is 0 Å². The van der Waals surface area contributed by atoms with Crippen LogP contribution in [0.2, 0.25) is 0 Å². The molecule has 1 N–H and O–H groups in total. The molecule has 1 rings (SSSR count). The Bertz CT molecular complexity index is 377. The minimum absolute atomic E-state index is 0.0660. The van der Waals surface area contributed by atoms with Crippen molar-refractivity contribution in [3.8, 4) is 0 Å². The number of aryl methyl sites for hydroxylation is 2. The van der Waals surface area contributed by atoms with E-state index in [0.29, 0.717) is 17.9 Å².